The number of nitrogens with zero attached hydrogens (tertiary/aromatic N) is 6. The van der Waals surface area contributed by atoms with Crippen LogP contribution in [0.25, 0.3) is 0 Å². The molecule has 2 aromatic heterocycles. The lowest BCUT2D eigenvalue weighted by molar-refractivity contribution is 0.838. The van der Waals surface area contributed by atoms with Gasteiger partial charge in [0, 0.05) is 46.6 Å². The van der Waals surface area contributed by atoms with E-state index in [1.807, 2.05) is 56.2 Å². The Balaban J connectivity index is 2.24. The highest BCUT2D eigenvalue weighted by Crippen LogP contribution is 2.15. The second-order valence-corrected chi connectivity index (χ2v) is 4.90. The second kappa shape index (κ2) is 6.83. The van der Waals surface area contributed by atoms with E-state index in [4.69, 9.17) is 0 Å². The number of anilines is 3. The predicted molar refractivity (Wildman–Crippen MR) is 84.7 cm³/mol. The Labute approximate surface area is 125 Å². The third kappa shape index (κ3) is 4.01. The van der Waals surface area contributed by atoms with E-state index in [2.05, 4.69) is 25.3 Å². The van der Waals surface area contributed by atoms with Crippen LogP contribution in [0.15, 0.2) is 24.5 Å². The van der Waals surface area contributed by atoms with Crippen molar-refractivity contribution in [1.29, 1.82) is 0 Å². The number of rotatable bonds is 6. The molecule has 0 saturated heterocycles. The van der Waals surface area contributed by atoms with Crippen molar-refractivity contribution in [1.82, 2.24) is 19.9 Å². The lowest BCUT2D eigenvalue weighted by Crippen LogP contribution is -2.23. The topological polar surface area (TPSA) is 70.1 Å². The second-order valence-electron chi connectivity index (χ2n) is 4.90. The van der Waals surface area contributed by atoms with Crippen molar-refractivity contribution in [3.8, 4) is 0 Å². The molecule has 21 heavy (non-hydrogen) atoms. The first-order chi connectivity index (χ1) is 10.1. The molecule has 7 heteroatoms. The number of hydrogen-bond donors (Lipinski definition) is 1. The van der Waals surface area contributed by atoms with Gasteiger partial charge >= 0.3 is 0 Å². The summed E-state index contributed by atoms with van der Waals surface area (Å²) in [5, 5.41) is 3.13. The van der Waals surface area contributed by atoms with Gasteiger partial charge in [-0.1, -0.05) is 6.07 Å². The molecule has 2 rings (SSSR count). The molecule has 112 valence electrons. The molecule has 0 spiro atoms. The zero-order valence-electron chi connectivity index (χ0n) is 12.9. The monoisotopic (exact) mass is 287 g/mol. The van der Waals surface area contributed by atoms with Crippen LogP contribution in [0.5, 0.6) is 0 Å². The molecule has 7 nitrogen and oxygen atoms in total. The summed E-state index contributed by atoms with van der Waals surface area (Å²) < 4.78 is 0. The van der Waals surface area contributed by atoms with Gasteiger partial charge in [-0.25, -0.2) is 0 Å². The number of hydrogen-bond acceptors (Lipinski definition) is 7. The molecule has 0 aliphatic heterocycles. The largest absolute Gasteiger partial charge is 0.354 e. The normalized spacial score (nSPS) is 10.3. The Morgan fingerprint density at radius 2 is 1.86 bits per heavy atom. The Morgan fingerprint density at radius 3 is 2.48 bits per heavy atom. The summed E-state index contributed by atoms with van der Waals surface area (Å²) in [5.41, 5.74) is 1.11. The van der Waals surface area contributed by atoms with Crippen LogP contribution in [-0.4, -0.2) is 47.6 Å². The van der Waals surface area contributed by atoms with Gasteiger partial charge in [0.2, 0.25) is 17.8 Å². The van der Waals surface area contributed by atoms with Gasteiger partial charge in [-0.05, 0) is 18.6 Å². The van der Waals surface area contributed by atoms with E-state index >= 15 is 0 Å². The molecule has 0 amide bonds. The third-order valence-electron chi connectivity index (χ3n) is 2.83. The molecule has 0 aliphatic rings. The van der Waals surface area contributed by atoms with Crippen LogP contribution in [0.4, 0.5) is 17.8 Å². The van der Waals surface area contributed by atoms with E-state index in [1.54, 1.807) is 6.20 Å². The fourth-order valence-corrected chi connectivity index (χ4v) is 1.80. The van der Waals surface area contributed by atoms with Gasteiger partial charge in [-0.2, -0.15) is 15.0 Å². The van der Waals surface area contributed by atoms with E-state index in [0.29, 0.717) is 24.4 Å². The summed E-state index contributed by atoms with van der Waals surface area (Å²) in [5.74, 6) is 1.85. The van der Waals surface area contributed by atoms with Crippen LogP contribution in [0, 0.1) is 0 Å². The lowest BCUT2D eigenvalue weighted by Gasteiger charge is -2.20. The molecule has 0 fully saturated rings. The molecule has 0 aliphatic carbocycles. The van der Waals surface area contributed by atoms with Crippen molar-refractivity contribution in [2.75, 3.05) is 42.8 Å². The lowest BCUT2D eigenvalue weighted by atomic mass is 10.3. The van der Waals surface area contributed by atoms with Gasteiger partial charge in [0.05, 0.1) is 0 Å². The minimum Gasteiger partial charge on any atom is -0.354 e. The first kappa shape index (κ1) is 15.0. The van der Waals surface area contributed by atoms with E-state index in [-0.39, 0.29) is 0 Å². The number of aromatic nitrogens is 4. The van der Waals surface area contributed by atoms with Crippen LogP contribution in [-0.2, 0) is 6.54 Å². The standard InChI is InChI=1S/C14H21N7/c1-5-16-12-17-13(20(2)3)19-14(18-12)21(4)10-11-7-6-8-15-9-11/h6-9H,5,10H2,1-4H3,(H,16,17,18,19). The van der Waals surface area contributed by atoms with Crippen LogP contribution in [0.1, 0.15) is 12.5 Å². The van der Waals surface area contributed by atoms with Crippen LogP contribution < -0.4 is 15.1 Å². The van der Waals surface area contributed by atoms with Gasteiger partial charge in [-0.3, -0.25) is 4.98 Å². The van der Waals surface area contributed by atoms with Crippen molar-refractivity contribution in [2.45, 2.75) is 13.5 Å². The summed E-state index contributed by atoms with van der Waals surface area (Å²) in [6, 6.07) is 3.95. The molecule has 2 heterocycles. The van der Waals surface area contributed by atoms with E-state index in [1.165, 1.54) is 0 Å². The first-order valence-electron chi connectivity index (χ1n) is 6.87. The quantitative estimate of drug-likeness (QED) is 0.861. The highest BCUT2D eigenvalue weighted by Gasteiger charge is 2.11. The average Bonchev–Trinajstić information content (AvgIpc) is 2.48. The SMILES string of the molecule is CCNc1nc(N(C)C)nc(N(C)Cc2cccnc2)n1. The molecule has 0 aromatic carbocycles. The maximum absolute atomic E-state index is 4.48. The molecule has 0 unspecified atom stereocenters. The van der Waals surface area contributed by atoms with Gasteiger partial charge in [-0.15, -0.1) is 0 Å². The fraction of sp³-hybridized carbons (Fsp3) is 0.429. The predicted octanol–water partition coefficient (Wildman–Crippen LogP) is 1.40. The van der Waals surface area contributed by atoms with Crippen molar-refractivity contribution in [2.24, 2.45) is 0 Å². The first-order valence-corrected chi connectivity index (χ1v) is 6.87. The maximum atomic E-state index is 4.48. The third-order valence-corrected chi connectivity index (χ3v) is 2.83. The minimum absolute atomic E-state index is 0.587. The Kier molecular flexibility index (Phi) is 4.86. The van der Waals surface area contributed by atoms with E-state index in [0.717, 1.165) is 12.1 Å². The van der Waals surface area contributed by atoms with Gasteiger partial charge in [0.25, 0.3) is 0 Å². The maximum Gasteiger partial charge on any atom is 0.232 e. The van der Waals surface area contributed by atoms with Crippen molar-refractivity contribution in [3.63, 3.8) is 0 Å². The zero-order chi connectivity index (χ0) is 15.2. The zero-order valence-corrected chi connectivity index (χ0v) is 12.9. The summed E-state index contributed by atoms with van der Waals surface area (Å²) in [4.78, 5) is 21.3. The van der Waals surface area contributed by atoms with Crippen LogP contribution in [0.3, 0.4) is 0 Å². The fourth-order valence-electron chi connectivity index (χ4n) is 1.80. The van der Waals surface area contributed by atoms with Gasteiger partial charge in [0.15, 0.2) is 0 Å². The molecular weight excluding hydrogens is 266 g/mol. The van der Waals surface area contributed by atoms with Crippen LogP contribution >= 0.6 is 0 Å². The summed E-state index contributed by atoms with van der Waals surface area (Å²) >= 11 is 0. The van der Waals surface area contributed by atoms with Crippen molar-refractivity contribution >= 4 is 17.8 Å². The molecule has 0 saturated carbocycles. The van der Waals surface area contributed by atoms with Gasteiger partial charge in [0.1, 0.15) is 0 Å². The van der Waals surface area contributed by atoms with Gasteiger partial charge < -0.3 is 15.1 Å². The Bertz CT molecular complexity index is 571. The average molecular weight is 287 g/mol. The molecular formula is C14H21N7. The molecule has 2 aromatic rings. The van der Waals surface area contributed by atoms with Crippen LogP contribution in [0.2, 0.25) is 0 Å². The van der Waals surface area contributed by atoms with Crippen molar-refractivity contribution in [3.05, 3.63) is 30.1 Å². The van der Waals surface area contributed by atoms with E-state index in [9.17, 15) is 0 Å². The minimum atomic E-state index is 0.587. The smallest absolute Gasteiger partial charge is 0.232 e. The Morgan fingerprint density at radius 1 is 1.10 bits per heavy atom. The highest BCUT2D eigenvalue weighted by molar-refractivity contribution is 5.44. The summed E-state index contributed by atoms with van der Waals surface area (Å²) in [6.45, 7) is 3.47. The highest BCUT2D eigenvalue weighted by atomic mass is 15.3. The summed E-state index contributed by atoms with van der Waals surface area (Å²) in [6.07, 6.45) is 3.61. The number of nitrogens with one attached hydrogen (secondary N) is 1. The Hall–Kier alpha value is -2.44. The molecule has 0 radical (unpaired) electrons. The molecule has 0 bridgehead atoms. The van der Waals surface area contributed by atoms with Crippen molar-refractivity contribution < 1.29 is 0 Å². The molecule has 1 N–H and O–H groups in total. The number of pyridine rings is 1. The summed E-state index contributed by atoms with van der Waals surface area (Å²) in [7, 11) is 5.78. The molecule has 0 atom stereocenters. The van der Waals surface area contributed by atoms with E-state index < -0.39 is 0 Å².